The van der Waals surface area contributed by atoms with Crippen molar-refractivity contribution in [2.24, 2.45) is 11.1 Å². The van der Waals surface area contributed by atoms with Crippen LogP contribution in [0, 0.1) is 5.41 Å². The molecule has 1 rings (SSSR count). The lowest BCUT2D eigenvalue weighted by molar-refractivity contribution is 0.0740. The summed E-state index contributed by atoms with van der Waals surface area (Å²) in [6.45, 7) is 5.22. The Morgan fingerprint density at radius 3 is 2.69 bits per heavy atom. The van der Waals surface area contributed by atoms with Crippen LogP contribution in [0.2, 0.25) is 0 Å². The molecule has 90 valence electrons. The summed E-state index contributed by atoms with van der Waals surface area (Å²) in [7, 11) is 1.76. The van der Waals surface area contributed by atoms with Gasteiger partial charge in [-0.3, -0.25) is 4.79 Å². The third-order valence-electron chi connectivity index (χ3n) is 2.38. The van der Waals surface area contributed by atoms with Crippen LogP contribution in [-0.2, 0) is 0 Å². The van der Waals surface area contributed by atoms with E-state index in [2.05, 4.69) is 15.9 Å². The van der Waals surface area contributed by atoms with E-state index in [1.165, 1.54) is 6.26 Å². The molecule has 1 aromatic rings. The first-order valence-corrected chi connectivity index (χ1v) is 5.84. The Labute approximate surface area is 104 Å². The van der Waals surface area contributed by atoms with Gasteiger partial charge in [0.1, 0.15) is 6.26 Å². The minimum absolute atomic E-state index is 0.0593. The van der Waals surface area contributed by atoms with Crippen LogP contribution in [0.1, 0.15) is 24.2 Å². The van der Waals surface area contributed by atoms with Crippen molar-refractivity contribution in [1.82, 2.24) is 4.90 Å². The molecule has 1 heterocycles. The van der Waals surface area contributed by atoms with Crippen LogP contribution in [0.4, 0.5) is 0 Å². The average Bonchev–Trinajstić information content (AvgIpc) is 2.63. The molecule has 2 N–H and O–H groups in total. The van der Waals surface area contributed by atoms with Gasteiger partial charge in [-0.25, -0.2) is 0 Å². The van der Waals surface area contributed by atoms with Gasteiger partial charge in [-0.1, -0.05) is 13.8 Å². The van der Waals surface area contributed by atoms with Crippen LogP contribution in [-0.4, -0.2) is 30.9 Å². The van der Waals surface area contributed by atoms with Crippen LogP contribution in [0.15, 0.2) is 21.4 Å². The van der Waals surface area contributed by atoms with Crippen molar-refractivity contribution in [3.05, 3.63) is 22.6 Å². The lowest BCUT2D eigenvalue weighted by Crippen LogP contribution is -2.39. The molecular weight excluding hydrogens is 272 g/mol. The Morgan fingerprint density at radius 1 is 1.62 bits per heavy atom. The maximum Gasteiger partial charge on any atom is 0.256 e. The summed E-state index contributed by atoms with van der Waals surface area (Å²) >= 11 is 3.17. The third-order valence-corrected chi connectivity index (χ3v) is 2.79. The van der Waals surface area contributed by atoms with Gasteiger partial charge in [-0.2, -0.15) is 0 Å². The summed E-state index contributed by atoms with van der Waals surface area (Å²) in [5, 5.41) is 0. The molecule has 0 aromatic carbocycles. The quantitative estimate of drug-likeness (QED) is 0.923. The molecule has 4 nitrogen and oxygen atoms in total. The summed E-state index contributed by atoms with van der Waals surface area (Å²) in [6, 6.07) is 1.66. The van der Waals surface area contributed by atoms with Crippen LogP contribution in [0.5, 0.6) is 0 Å². The summed E-state index contributed by atoms with van der Waals surface area (Å²) in [5.41, 5.74) is 6.10. The lowest BCUT2D eigenvalue weighted by atomic mass is 9.93. The Kier molecular flexibility index (Phi) is 4.15. The second-order valence-electron chi connectivity index (χ2n) is 4.67. The number of amides is 1. The van der Waals surface area contributed by atoms with Crippen molar-refractivity contribution < 1.29 is 9.21 Å². The maximum atomic E-state index is 12.0. The first kappa shape index (κ1) is 13.3. The topological polar surface area (TPSA) is 59.5 Å². The number of nitrogens with zero attached hydrogens (tertiary/aromatic N) is 1. The fourth-order valence-corrected chi connectivity index (χ4v) is 1.76. The number of halogens is 1. The lowest BCUT2D eigenvalue weighted by Gasteiger charge is -2.28. The maximum absolute atomic E-state index is 12.0. The number of hydrogen-bond acceptors (Lipinski definition) is 3. The number of nitrogens with two attached hydrogens (primary N) is 1. The molecule has 0 unspecified atom stereocenters. The van der Waals surface area contributed by atoms with Gasteiger partial charge >= 0.3 is 0 Å². The molecule has 0 aliphatic rings. The van der Waals surface area contributed by atoms with Gasteiger partial charge in [0.15, 0.2) is 4.67 Å². The molecule has 0 bridgehead atoms. The molecule has 16 heavy (non-hydrogen) atoms. The predicted molar refractivity (Wildman–Crippen MR) is 66.2 cm³/mol. The molecular formula is C11H17BrN2O2. The highest BCUT2D eigenvalue weighted by Gasteiger charge is 2.22. The van der Waals surface area contributed by atoms with Crippen LogP contribution >= 0.6 is 15.9 Å². The minimum Gasteiger partial charge on any atom is -0.457 e. The molecule has 5 heteroatoms. The number of carbonyl (C=O) groups is 1. The van der Waals surface area contributed by atoms with Crippen LogP contribution in [0.25, 0.3) is 0 Å². The van der Waals surface area contributed by atoms with Crippen molar-refractivity contribution in [3.63, 3.8) is 0 Å². The van der Waals surface area contributed by atoms with E-state index in [4.69, 9.17) is 10.2 Å². The van der Waals surface area contributed by atoms with Crippen molar-refractivity contribution in [1.29, 1.82) is 0 Å². The van der Waals surface area contributed by atoms with E-state index in [0.29, 0.717) is 23.3 Å². The highest BCUT2D eigenvalue weighted by molar-refractivity contribution is 9.10. The van der Waals surface area contributed by atoms with Gasteiger partial charge in [-0.15, -0.1) is 0 Å². The zero-order chi connectivity index (χ0) is 12.3. The van der Waals surface area contributed by atoms with Gasteiger partial charge < -0.3 is 15.1 Å². The summed E-state index contributed by atoms with van der Waals surface area (Å²) < 4.78 is 5.59. The molecule has 0 fully saturated rings. The summed E-state index contributed by atoms with van der Waals surface area (Å²) in [6.07, 6.45) is 1.44. The molecule has 1 aromatic heterocycles. The van der Waals surface area contributed by atoms with E-state index >= 15 is 0 Å². The van der Waals surface area contributed by atoms with E-state index in [9.17, 15) is 4.79 Å². The van der Waals surface area contributed by atoms with Crippen molar-refractivity contribution >= 4 is 21.8 Å². The SMILES string of the molecule is CN(CC(C)(C)CN)C(=O)c1coc(Br)c1. The fourth-order valence-electron chi connectivity index (χ4n) is 1.42. The Morgan fingerprint density at radius 2 is 2.25 bits per heavy atom. The number of furan rings is 1. The van der Waals surface area contributed by atoms with E-state index in [0.717, 1.165) is 0 Å². The largest absolute Gasteiger partial charge is 0.457 e. The minimum atomic E-state index is -0.0780. The molecule has 0 atom stereocenters. The van der Waals surface area contributed by atoms with Gasteiger partial charge in [0.25, 0.3) is 5.91 Å². The normalized spacial score (nSPS) is 11.6. The predicted octanol–water partition coefficient (Wildman–Crippen LogP) is 2.10. The zero-order valence-corrected chi connectivity index (χ0v) is 11.4. The van der Waals surface area contributed by atoms with Crippen molar-refractivity contribution in [3.8, 4) is 0 Å². The molecule has 0 aliphatic carbocycles. The van der Waals surface area contributed by atoms with Gasteiger partial charge in [-0.05, 0) is 27.9 Å². The zero-order valence-electron chi connectivity index (χ0n) is 9.79. The van der Waals surface area contributed by atoms with E-state index in [-0.39, 0.29) is 11.3 Å². The molecule has 0 spiro atoms. The van der Waals surface area contributed by atoms with Crippen molar-refractivity contribution in [2.75, 3.05) is 20.1 Å². The number of hydrogen-bond donors (Lipinski definition) is 1. The van der Waals surface area contributed by atoms with E-state index < -0.39 is 0 Å². The first-order valence-electron chi connectivity index (χ1n) is 5.05. The Balaban J connectivity index is 2.68. The van der Waals surface area contributed by atoms with Crippen LogP contribution in [0.3, 0.4) is 0 Å². The van der Waals surface area contributed by atoms with Gasteiger partial charge in [0, 0.05) is 19.7 Å². The van der Waals surface area contributed by atoms with Crippen molar-refractivity contribution in [2.45, 2.75) is 13.8 Å². The highest BCUT2D eigenvalue weighted by atomic mass is 79.9. The standard InChI is InChI=1S/C11H17BrN2O2/c1-11(2,6-13)7-14(3)10(15)8-4-9(12)16-5-8/h4-5H,6-7,13H2,1-3H3. The fraction of sp³-hybridized carbons (Fsp3) is 0.545. The molecule has 0 saturated heterocycles. The van der Waals surface area contributed by atoms with Gasteiger partial charge in [0.05, 0.1) is 5.56 Å². The summed E-state index contributed by atoms with van der Waals surface area (Å²) in [5.74, 6) is -0.0593. The molecule has 1 amide bonds. The smallest absolute Gasteiger partial charge is 0.256 e. The molecule has 0 radical (unpaired) electrons. The summed E-state index contributed by atoms with van der Waals surface area (Å²) in [4.78, 5) is 13.6. The Hall–Kier alpha value is -0.810. The van der Waals surface area contributed by atoms with E-state index in [1.807, 2.05) is 13.8 Å². The van der Waals surface area contributed by atoms with E-state index in [1.54, 1.807) is 18.0 Å². The Bertz CT molecular complexity index is 374. The first-order chi connectivity index (χ1) is 7.35. The number of rotatable bonds is 4. The molecule has 0 aliphatic heterocycles. The average molecular weight is 289 g/mol. The number of carbonyl (C=O) groups excluding carboxylic acids is 1. The second-order valence-corrected chi connectivity index (χ2v) is 5.45. The highest BCUT2D eigenvalue weighted by Crippen LogP contribution is 2.18. The van der Waals surface area contributed by atoms with Gasteiger partial charge in [0.2, 0.25) is 0 Å². The second kappa shape index (κ2) is 5.01. The van der Waals surface area contributed by atoms with Crippen LogP contribution < -0.4 is 5.73 Å². The monoisotopic (exact) mass is 288 g/mol. The molecule has 0 saturated carbocycles. The third kappa shape index (κ3) is 3.35.